The minimum atomic E-state index is 0.347. The lowest BCUT2D eigenvalue weighted by atomic mass is 10.4. The summed E-state index contributed by atoms with van der Waals surface area (Å²) in [6.45, 7) is 4.10. The van der Waals surface area contributed by atoms with Gasteiger partial charge in [0.1, 0.15) is 5.82 Å². The van der Waals surface area contributed by atoms with Crippen LogP contribution >= 0.6 is 0 Å². The second kappa shape index (κ2) is 4.23. The molecule has 1 aromatic heterocycles. The third-order valence-electron chi connectivity index (χ3n) is 2.32. The lowest BCUT2D eigenvalue weighted by Crippen LogP contribution is -2.28. The molecule has 5 nitrogen and oxygen atoms in total. The molecular formula is C9H15N5. The molecule has 0 aliphatic carbocycles. The molecule has 0 saturated carbocycles. The molecule has 5 heteroatoms. The number of nitrogen functional groups attached to an aromatic ring is 1. The summed E-state index contributed by atoms with van der Waals surface area (Å²) in [5, 5.41) is 3.35. The maximum absolute atomic E-state index is 5.54. The number of aromatic nitrogens is 2. The van der Waals surface area contributed by atoms with Crippen molar-refractivity contribution in [3.8, 4) is 0 Å². The van der Waals surface area contributed by atoms with Crippen LogP contribution in [-0.4, -0.2) is 36.1 Å². The Morgan fingerprint density at radius 2 is 2.29 bits per heavy atom. The van der Waals surface area contributed by atoms with E-state index in [4.69, 9.17) is 5.73 Å². The maximum Gasteiger partial charge on any atom is 0.221 e. The van der Waals surface area contributed by atoms with Gasteiger partial charge in [-0.2, -0.15) is 4.98 Å². The van der Waals surface area contributed by atoms with Crippen LogP contribution in [0.4, 0.5) is 11.8 Å². The van der Waals surface area contributed by atoms with E-state index in [1.165, 1.54) is 0 Å². The first-order chi connectivity index (χ1) is 6.86. The second-order valence-corrected chi connectivity index (χ2v) is 3.36. The number of rotatable bonds is 1. The number of nitrogens with two attached hydrogens (primary N) is 1. The van der Waals surface area contributed by atoms with Gasteiger partial charge in [0.15, 0.2) is 0 Å². The van der Waals surface area contributed by atoms with Crippen LogP contribution in [0.5, 0.6) is 0 Å². The highest BCUT2D eigenvalue weighted by Gasteiger charge is 2.10. The Morgan fingerprint density at radius 1 is 1.36 bits per heavy atom. The van der Waals surface area contributed by atoms with Crippen LogP contribution in [0.3, 0.4) is 0 Å². The zero-order chi connectivity index (χ0) is 9.80. The fourth-order valence-electron chi connectivity index (χ4n) is 1.61. The predicted molar refractivity (Wildman–Crippen MR) is 56.1 cm³/mol. The van der Waals surface area contributed by atoms with Crippen molar-refractivity contribution in [3.05, 3.63) is 12.3 Å². The van der Waals surface area contributed by atoms with E-state index in [0.717, 1.165) is 38.4 Å². The lowest BCUT2D eigenvalue weighted by Gasteiger charge is -2.20. The lowest BCUT2D eigenvalue weighted by molar-refractivity contribution is 0.724. The molecule has 76 valence electrons. The molecule has 2 heterocycles. The van der Waals surface area contributed by atoms with E-state index in [1.807, 2.05) is 6.07 Å². The summed E-state index contributed by atoms with van der Waals surface area (Å²) in [6.07, 6.45) is 2.85. The fraction of sp³-hybridized carbons (Fsp3) is 0.556. The van der Waals surface area contributed by atoms with Crippen LogP contribution in [0.15, 0.2) is 12.3 Å². The van der Waals surface area contributed by atoms with Gasteiger partial charge < -0.3 is 16.0 Å². The molecule has 0 unspecified atom stereocenters. The molecule has 1 aliphatic rings. The Balaban J connectivity index is 2.12. The van der Waals surface area contributed by atoms with Gasteiger partial charge in [0.25, 0.3) is 0 Å². The van der Waals surface area contributed by atoms with Crippen LogP contribution < -0.4 is 16.0 Å². The van der Waals surface area contributed by atoms with Crippen molar-refractivity contribution in [3.63, 3.8) is 0 Å². The standard InChI is InChI=1S/C9H15N5/c10-9-12-4-2-8(13-9)14-6-1-3-11-5-7-14/h2,4,11H,1,3,5-7H2,(H2,10,12,13). The highest BCUT2D eigenvalue weighted by atomic mass is 15.2. The highest BCUT2D eigenvalue weighted by molar-refractivity contribution is 5.40. The highest BCUT2D eigenvalue weighted by Crippen LogP contribution is 2.11. The number of anilines is 2. The Hall–Kier alpha value is -1.36. The van der Waals surface area contributed by atoms with Crippen molar-refractivity contribution in [2.24, 2.45) is 0 Å². The molecule has 1 saturated heterocycles. The average molecular weight is 193 g/mol. The van der Waals surface area contributed by atoms with Gasteiger partial charge >= 0.3 is 0 Å². The largest absolute Gasteiger partial charge is 0.368 e. The number of hydrogen-bond acceptors (Lipinski definition) is 5. The second-order valence-electron chi connectivity index (χ2n) is 3.36. The summed E-state index contributed by atoms with van der Waals surface area (Å²) in [4.78, 5) is 10.3. The molecule has 0 spiro atoms. The monoisotopic (exact) mass is 193 g/mol. The van der Waals surface area contributed by atoms with Crippen molar-refractivity contribution in [2.75, 3.05) is 36.8 Å². The van der Waals surface area contributed by atoms with E-state index in [9.17, 15) is 0 Å². The van der Waals surface area contributed by atoms with Crippen molar-refractivity contribution in [1.29, 1.82) is 0 Å². The number of nitrogens with one attached hydrogen (secondary N) is 1. The molecule has 0 radical (unpaired) electrons. The maximum atomic E-state index is 5.54. The van der Waals surface area contributed by atoms with Gasteiger partial charge in [-0.15, -0.1) is 0 Å². The van der Waals surface area contributed by atoms with Gasteiger partial charge in [-0.05, 0) is 19.0 Å². The Bertz CT molecular complexity index is 293. The summed E-state index contributed by atoms with van der Waals surface area (Å²) >= 11 is 0. The van der Waals surface area contributed by atoms with Crippen molar-refractivity contribution in [1.82, 2.24) is 15.3 Å². The smallest absolute Gasteiger partial charge is 0.221 e. The van der Waals surface area contributed by atoms with Crippen LogP contribution in [0.1, 0.15) is 6.42 Å². The molecule has 0 amide bonds. The van der Waals surface area contributed by atoms with E-state index in [0.29, 0.717) is 5.95 Å². The van der Waals surface area contributed by atoms with Gasteiger partial charge in [-0.3, -0.25) is 0 Å². The van der Waals surface area contributed by atoms with E-state index < -0.39 is 0 Å². The summed E-state index contributed by atoms with van der Waals surface area (Å²) in [6, 6.07) is 1.90. The average Bonchev–Trinajstić information content (AvgIpc) is 2.45. The molecule has 0 atom stereocenters. The van der Waals surface area contributed by atoms with Gasteiger partial charge in [0.2, 0.25) is 5.95 Å². The number of nitrogens with zero attached hydrogens (tertiary/aromatic N) is 3. The number of hydrogen-bond donors (Lipinski definition) is 2. The van der Waals surface area contributed by atoms with Gasteiger partial charge in [0, 0.05) is 25.8 Å². The minimum Gasteiger partial charge on any atom is -0.368 e. The first-order valence-corrected chi connectivity index (χ1v) is 4.90. The SMILES string of the molecule is Nc1nccc(N2CCCNCC2)n1. The summed E-state index contributed by atoms with van der Waals surface area (Å²) in [7, 11) is 0. The van der Waals surface area contributed by atoms with Gasteiger partial charge in [0.05, 0.1) is 0 Å². The molecular weight excluding hydrogens is 178 g/mol. The summed E-state index contributed by atoms with van der Waals surface area (Å²) in [5.41, 5.74) is 5.54. The first-order valence-electron chi connectivity index (χ1n) is 4.90. The third-order valence-corrected chi connectivity index (χ3v) is 2.32. The molecule has 0 aromatic carbocycles. The fourth-order valence-corrected chi connectivity index (χ4v) is 1.61. The van der Waals surface area contributed by atoms with Crippen molar-refractivity contribution < 1.29 is 0 Å². The van der Waals surface area contributed by atoms with Gasteiger partial charge in [-0.25, -0.2) is 4.98 Å². The van der Waals surface area contributed by atoms with Crippen LogP contribution in [0, 0.1) is 0 Å². The Kier molecular flexibility index (Phi) is 2.78. The van der Waals surface area contributed by atoms with Crippen LogP contribution in [0.25, 0.3) is 0 Å². The summed E-state index contributed by atoms with van der Waals surface area (Å²) < 4.78 is 0. The molecule has 3 N–H and O–H groups in total. The van der Waals surface area contributed by atoms with E-state index in [1.54, 1.807) is 6.20 Å². The third kappa shape index (κ3) is 2.11. The van der Waals surface area contributed by atoms with Crippen molar-refractivity contribution >= 4 is 11.8 Å². The molecule has 2 rings (SSSR count). The topological polar surface area (TPSA) is 67.1 Å². The summed E-state index contributed by atoms with van der Waals surface area (Å²) in [5.74, 6) is 1.28. The van der Waals surface area contributed by atoms with Crippen LogP contribution in [0.2, 0.25) is 0 Å². The minimum absolute atomic E-state index is 0.347. The molecule has 14 heavy (non-hydrogen) atoms. The molecule has 1 fully saturated rings. The predicted octanol–water partition coefficient (Wildman–Crippen LogP) is -0.142. The van der Waals surface area contributed by atoms with Crippen molar-refractivity contribution in [2.45, 2.75) is 6.42 Å². The molecule has 1 aromatic rings. The van der Waals surface area contributed by atoms with Gasteiger partial charge in [-0.1, -0.05) is 0 Å². The molecule has 0 bridgehead atoms. The zero-order valence-corrected chi connectivity index (χ0v) is 8.11. The van der Waals surface area contributed by atoms with E-state index in [2.05, 4.69) is 20.2 Å². The Morgan fingerprint density at radius 3 is 3.14 bits per heavy atom. The normalized spacial score (nSPS) is 17.9. The quantitative estimate of drug-likeness (QED) is 0.649. The zero-order valence-electron chi connectivity index (χ0n) is 8.11. The first kappa shape index (κ1) is 9.21. The van der Waals surface area contributed by atoms with E-state index in [-0.39, 0.29) is 0 Å². The van der Waals surface area contributed by atoms with Crippen LogP contribution in [-0.2, 0) is 0 Å². The molecule has 1 aliphatic heterocycles. The Labute approximate surface area is 83.3 Å². The van der Waals surface area contributed by atoms with E-state index >= 15 is 0 Å².